The van der Waals surface area contributed by atoms with E-state index in [2.05, 4.69) is 5.32 Å². The first kappa shape index (κ1) is 25.1. The minimum Gasteiger partial charge on any atom is -0.461 e. The molecule has 1 fully saturated rings. The van der Waals surface area contributed by atoms with Gasteiger partial charge in [-0.3, -0.25) is 4.79 Å². The number of benzene rings is 1. The molecular weight excluding hydrogens is 420 g/mol. The molecular formula is C22H34N2O6S. The van der Waals surface area contributed by atoms with E-state index in [4.69, 9.17) is 15.2 Å². The number of nitrogens with two attached hydrogens (primary N) is 1. The van der Waals surface area contributed by atoms with Gasteiger partial charge in [-0.05, 0) is 44.6 Å². The highest BCUT2D eigenvalue weighted by Gasteiger charge is 2.33. The van der Waals surface area contributed by atoms with Crippen molar-refractivity contribution in [1.82, 2.24) is 5.32 Å². The molecule has 1 aromatic rings. The lowest BCUT2D eigenvalue weighted by Gasteiger charge is -2.34. The Hall–Kier alpha value is -2.13. The highest BCUT2D eigenvalue weighted by molar-refractivity contribution is 7.91. The highest BCUT2D eigenvalue weighted by atomic mass is 32.2. The smallest absolute Gasteiger partial charge is 0.407 e. The zero-order chi connectivity index (χ0) is 23.1. The van der Waals surface area contributed by atoms with Gasteiger partial charge >= 0.3 is 12.1 Å². The average molecular weight is 455 g/mol. The van der Waals surface area contributed by atoms with Crippen LogP contribution in [0, 0.1) is 5.92 Å². The van der Waals surface area contributed by atoms with Crippen molar-refractivity contribution in [2.75, 3.05) is 11.5 Å². The quantitative estimate of drug-likeness (QED) is 0.549. The maximum absolute atomic E-state index is 12.4. The molecule has 9 heteroatoms. The molecule has 3 atom stereocenters. The van der Waals surface area contributed by atoms with Crippen molar-refractivity contribution >= 4 is 21.9 Å². The van der Waals surface area contributed by atoms with Crippen LogP contribution in [-0.2, 0) is 30.7 Å². The Kier molecular flexibility index (Phi) is 8.88. The van der Waals surface area contributed by atoms with Crippen molar-refractivity contribution in [1.29, 1.82) is 0 Å². The highest BCUT2D eigenvalue weighted by Crippen LogP contribution is 2.26. The van der Waals surface area contributed by atoms with E-state index in [0.29, 0.717) is 19.3 Å². The predicted molar refractivity (Wildman–Crippen MR) is 118 cm³/mol. The molecule has 8 nitrogen and oxygen atoms in total. The summed E-state index contributed by atoms with van der Waals surface area (Å²) in [6.07, 6.45) is 1.04. The third-order valence-corrected chi connectivity index (χ3v) is 7.27. The van der Waals surface area contributed by atoms with E-state index in [0.717, 1.165) is 5.56 Å². The van der Waals surface area contributed by atoms with Crippen LogP contribution in [0.4, 0.5) is 4.79 Å². The maximum Gasteiger partial charge on any atom is 0.407 e. The molecule has 0 saturated heterocycles. The van der Waals surface area contributed by atoms with Crippen LogP contribution in [0.5, 0.6) is 0 Å². The fourth-order valence-electron chi connectivity index (χ4n) is 3.67. The standard InChI is InChI=1S/C22H34N2O6S/c1-4-31(27,28)15-17-12-18(10-11-19(17)23)24-21(26)30-22(2,3)13-20(25)29-14-16-8-6-5-7-9-16/h5-9,17-19H,4,10-15,23H2,1-3H3,(H,24,26)/t17-,18+,19-/m0/s1. The van der Waals surface area contributed by atoms with Gasteiger partial charge in [0.15, 0.2) is 0 Å². The van der Waals surface area contributed by atoms with Crippen LogP contribution in [0.3, 0.4) is 0 Å². The molecule has 3 N–H and O–H groups in total. The lowest BCUT2D eigenvalue weighted by molar-refractivity contribution is -0.149. The summed E-state index contributed by atoms with van der Waals surface area (Å²) < 4.78 is 34.6. The van der Waals surface area contributed by atoms with Crippen LogP contribution in [-0.4, -0.2) is 49.7 Å². The summed E-state index contributed by atoms with van der Waals surface area (Å²) in [7, 11) is -3.15. The fourth-order valence-corrected chi connectivity index (χ4v) is 4.95. The second-order valence-electron chi connectivity index (χ2n) is 8.75. The van der Waals surface area contributed by atoms with Gasteiger partial charge in [0.2, 0.25) is 0 Å². The lowest BCUT2D eigenvalue weighted by Crippen LogP contribution is -2.48. The van der Waals surface area contributed by atoms with Gasteiger partial charge in [-0.2, -0.15) is 0 Å². The van der Waals surface area contributed by atoms with Gasteiger partial charge in [0.25, 0.3) is 0 Å². The van der Waals surface area contributed by atoms with Gasteiger partial charge < -0.3 is 20.5 Å². The van der Waals surface area contributed by atoms with Crippen molar-refractivity contribution in [3.05, 3.63) is 35.9 Å². The zero-order valence-corrected chi connectivity index (χ0v) is 19.3. The van der Waals surface area contributed by atoms with Crippen LogP contribution in [0.25, 0.3) is 0 Å². The molecule has 0 radical (unpaired) electrons. The van der Waals surface area contributed by atoms with E-state index in [1.54, 1.807) is 20.8 Å². The van der Waals surface area contributed by atoms with Crippen LogP contribution in [0.1, 0.15) is 52.0 Å². The van der Waals surface area contributed by atoms with E-state index in [1.165, 1.54) is 0 Å². The van der Waals surface area contributed by atoms with E-state index < -0.39 is 27.5 Å². The molecule has 1 amide bonds. The second-order valence-corrected chi connectivity index (χ2v) is 11.1. The van der Waals surface area contributed by atoms with Crippen molar-refractivity contribution in [2.24, 2.45) is 11.7 Å². The molecule has 1 saturated carbocycles. The summed E-state index contributed by atoms with van der Waals surface area (Å²) in [4.78, 5) is 24.5. The number of ether oxygens (including phenoxy) is 2. The molecule has 1 aromatic carbocycles. The van der Waals surface area contributed by atoms with Gasteiger partial charge in [0.1, 0.15) is 22.0 Å². The van der Waals surface area contributed by atoms with Crippen LogP contribution < -0.4 is 11.1 Å². The number of amides is 1. The molecule has 31 heavy (non-hydrogen) atoms. The number of carbonyl (C=O) groups is 2. The van der Waals surface area contributed by atoms with Crippen molar-refractivity contribution in [2.45, 2.75) is 70.7 Å². The average Bonchev–Trinajstić information content (AvgIpc) is 2.68. The minimum atomic E-state index is -3.15. The number of hydrogen-bond acceptors (Lipinski definition) is 7. The molecule has 0 bridgehead atoms. The van der Waals surface area contributed by atoms with Crippen LogP contribution in [0.2, 0.25) is 0 Å². The number of hydrogen-bond donors (Lipinski definition) is 2. The first-order valence-corrected chi connectivity index (χ1v) is 12.5. The molecule has 1 aliphatic carbocycles. The largest absolute Gasteiger partial charge is 0.461 e. The summed E-state index contributed by atoms with van der Waals surface area (Å²) in [5, 5.41) is 2.80. The molecule has 2 rings (SSSR count). The number of alkyl carbamates (subject to hydrolysis) is 1. The molecule has 0 aliphatic heterocycles. The first-order valence-electron chi connectivity index (χ1n) is 10.6. The van der Waals surface area contributed by atoms with Crippen molar-refractivity contribution in [3.8, 4) is 0 Å². The topological polar surface area (TPSA) is 125 Å². The van der Waals surface area contributed by atoms with Gasteiger partial charge in [-0.15, -0.1) is 0 Å². The summed E-state index contributed by atoms with van der Waals surface area (Å²) >= 11 is 0. The monoisotopic (exact) mass is 454 g/mol. The predicted octanol–water partition coefficient (Wildman–Crippen LogP) is 2.56. The number of esters is 1. The Morgan fingerprint density at radius 3 is 2.52 bits per heavy atom. The zero-order valence-electron chi connectivity index (χ0n) is 18.5. The van der Waals surface area contributed by atoms with E-state index in [1.807, 2.05) is 30.3 Å². The third kappa shape index (κ3) is 8.86. The molecule has 0 heterocycles. The summed E-state index contributed by atoms with van der Waals surface area (Å²) in [6.45, 7) is 5.06. The Labute approximate surface area is 184 Å². The fraction of sp³-hybridized carbons (Fsp3) is 0.636. The molecule has 0 aromatic heterocycles. The molecule has 1 aliphatic rings. The number of sulfone groups is 1. The Morgan fingerprint density at radius 1 is 1.19 bits per heavy atom. The van der Waals surface area contributed by atoms with Gasteiger partial charge in [0.05, 0.1) is 12.2 Å². The Bertz CT molecular complexity index is 841. The Balaban J connectivity index is 1.81. The van der Waals surface area contributed by atoms with Crippen LogP contribution in [0.15, 0.2) is 30.3 Å². The van der Waals surface area contributed by atoms with Gasteiger partial charge in [-0.1, -0.05) is 37.3 Å². The molecule has 0 spiro atoms. The number of nitrogens with one attached hydrogen (secondary N) is 1. The number of rotatable bonds is 9. The van der Waals surface area contributed by atoms with Crippen molar-refractivity contribution < 1.29 is 27.5 Å². The van der Waals surface area contributed by atoms with Gasteiger partial charge in [0, 0.05) is 17.8 Å². The van der Waals surface area contributed by atoms with Crippen molar-refractivity contribution in [3.63, 3.8) is 0 Å². The van der Waals surface area contributed by atoms with E-state index >= 15 is 0 Å². The summed E-state index contributed by atoms with van der Waals surface area (Å²) in [5.41, 5.74) is 5.93. The normalized spacial score (nSPS) is 21.9. The van der Waals surface area contributed by atoms with Crippen LogP contribution >= 0.6 is 0 Å². The van der Waals surface area contributed by atoms with Gasteiger partial charge in [-0.25, -0.2) is 13.2 Å². The van der Waals surface area contributed by atoms with E-state index in [9.17, 15) is 18.0 Å². The summed E-state index contributed by atoms with van der Waals surface area (Å²) in [6, 6.07) is 8.90. The van der Waals surface area contributed by atoms with E-state index in [-0.39, 0.29) is 42.5 Å². The summed E-state index contributed by atoms with van der Waals surface area (Å²) in [5.74, 6) is -0.568. The minimum absolute atomic E-state index is 0.0244. The first-order chi connectivity index (χ1) is 14.5. The molecule has 0 unspecified atom stereocenters. The lowest BCUT2D eigenvalue weighted by atomic mass is 9.83. The number of carbonyl (C=O) groups excluding carboxylic acids is 2. The second kappa shape index (κ2) is 10.9. The maximum atomic E-state index is 12.4. The Morgan fingerprint density at radius 2 is 1.87 bits per heavy atom. The SMILES string of the molecule is CCS(=O)(=O)C[C@@H]1C[C@H](NC(=O)OC(C)(C)CC(=O)OCc2ccccc2)CC[C@@H]1N. The third-order valence-electron chi connectivity index (χ3n) is 5.45. The molecule has 174 valence electrons.